The molecule has 0 saturated heterocycles. The van der Waals surface area contributed by atoms with Gasteiger partial charge in [-0.05, 0) is 12.1 Å². The first-order chi connectivity index (χ1) is 8.04. The third-order valence-electron chi connectivity index (χ3n) is 1.72. The average molecular weight is 238 g/mol. The van der Waals surface area contributed by atoms with E-state index < -0.39 is 17.3 Å². The first-order valence-electron chi connectivity index (χ1n) is 4.54. The molecule has 1 atom stereocenters. The van der Waals surface area contributed by atoms with Crippen LogP contribution in [0.15, 0.2) is 36.9 Å². The minimum Gasteiger partial charge on any atom is -0.411 e. The minimum atomic E-state index is -1.13. The van der Waals surface area contributed by atoms with Crippen molar-refractivity contribution in [1.29, 1.82) is 0 Å². The van der Waals surface area contributed by atoms with Gasteiger partial charge in [0, 0.05) is 6.07 Å². The van der Waals surface area contributed by atoms with E-state index in [-0.39, 0.29) is 11.4 Å². The molecule has 7 heteroatoms. The third kappa shape index (κ3) is 3.58. The summed E-state index contributed by atoms with van der Waals surface area (Å²) in [6.07, 6.45) is -0.974. The van der Waals surface area contributed by atoms with Crippen LogP contribution < -0.4 is 10.5 Å². The molecule has 0 aliphatic rings. The summed E-state index contributed by atoms with van der Waals surface area (Å²) < 4.78 is 9.16. The van der Waals surface area contributed by atoms with E-state index in [0.717, 1.165) is 0 Å². The maximum absolute atomic E-state index is 11.2. The second kappa shape index (κ2) is 5.61. The Bertz CT molecular complexity index is 446. The molecule has 0 bridgehead atoms. The fraction of sp³-hybridized carbons (Fsp3) is 0.100. The Balaban J connectivity index is 2.78. The molecule has 0 aromatic heterocycles. The molecule has 0 aliphatic heterocycles. The molecule has 0 radical (unpaired) electrons. The fourth-order valence-electron chi connectivity index (χ4n) is 0.967. The molecule has 1 rings (SSSR count). The summed E-state index contributed by atoms with van der Waals surface area (Å²) in [5, 5.41) is 10.6. The van der Waals surface area contributed by atoms with Crippen molar-refractivity contribution in [1.82, 2.24) is 0 Å². The Hall–Kier alpha value is -2.41. The molecular formula is C10H10N2O5. The molecule has 0 spiro atoms. The molecule has 7 nitrogen and oxygen atoms in total. The molecular weight excluding hydrogens is 228 g/mol. The van der Waals surface area contributed by atoms with Gasteiger partial charge < -0.3 is 9.47 Å². The van der Waals surface area contributed by atoms with Crippen LogP contribution in [0.2, 0.25) is 0 Å². The minimum absolute atomic E-state index is 0.209. The van der Waals surface area contributed by atoms with Gasteiger partial charge in [-0.3, -0.25) is 15.8 Å². The second-order valence-electron chi connectivity index (χ2n) is 2.90. The number of nitrogens with zero attached hydrogens (tertiary/aromatic N) is 1. The highest BCUT2D eigenvalue weighted by Gasteiger charge is 2.18. The SMILES string of the molecule is C=CC(N)OC(=O)Oc1ccccc1[N+](=O)[O-]. The van der Waals surface area contributed by atoms with Gasteiger partial charge in [-0.1, -0.05) is 18.7 Å². The highest BCUT2D eigenvalue weighted by Crippen LogP contribution is 2.26. The number of benzene rings is 1. The smallest absolute Gasteiger partial charge is 0.411 e. The third-order valence-corrected chi connectivity index (χ3v) is 1.72. The molecule has 0 aliphatic carbocycles. The van der Waals surface area contributed by atoms with Gasteiger partial charge in [0.2, 0.25) is 5.75 Å². The molecule has 1 aromatic rings. The van der Waals surface area contributed by atoms with Crippen LogP contribution in [0.4, 0.5) is 10.5 Å². The van der Waals surface area contributed by atoms with E-state index in [9.17, 15) is 14.9 Å². The van der Waals surface area contributed by atoms with Crippen molar-refractivity contribution in [2.24, 2.45) is 5.73 Å². The number of carbonyl (C=O) groups is 1. The summed E-state index contributed by atoms with van der Waals surface area (Å²) in [5.41, 5.74) is 4.91. The molecule has 1 unspecified atom stereocenters. The molecule has 1 aromatic carbocycles. The van der Waals surface area contributed by atoms with Gasteiger partial charge in [-0.25, -0.2) is 4.79 Å². The van der Waals surface area contributed by atoms with Gasteiger partial charge in [0.25, 0.3) is 0 Å². The Morgan fingerprint density at radius 2 is 2.18 bits per heavy atom. The van der Waals surface area contributed by atoms with Gasteiger partial charge in [-0.15, -0.1) is 0 Å². The highest BCUT2D eigenvalue weighted by molar-refractivity contribution is 5.66. The van der Waals surface area contributed by atoms with E-state index in [1.54, 1.807) is 0 Å². The molecule has 2 N–H and O–H groups in total. The fourth-order valence-corrected chi connectivity index (χ4v) is 0.967. The van der Waals surface area contributed by atoms with Crippen molar-refractivity contribution in [2.45, 2.75) is 6.23 Å². The Labute approximate surface area is 96.6 Å². The lowest BCUT2D eigenvalue weighted by molar-refractivity contribution is -0.385. The number of hydrogen-bond acceptors (Lipinski definition) is 6. The van der Waals surface area contributed by atoms with Gasteiger partial charge in [-0.2, -0.15) is 0 Å². The summed E-state index contributed by atoms with van der Waals surface area (Å²) in [5.74, 6) is -0.209. The Kier molecular flexibility index (Phi) is 4.18. The summed E-state index contributed by atoms with van der Waals surface area (Å²) in [4.78, 5) is 21.1. The summed E-state index contributed by atoms with van der Waals surface area (Å²) in [6.45, 7) is 3.30. The van der Waals surface area contributed by atoms with E-state index in [2.05, 4.69) is 16.1 Å². The van der Waals surface area contributed by atoms with Crippen LogP contribution in [-0.2, 0) is 4.74 Å². The zero-order valence-corrected chi connectivity index (χ0v) is 8.74. The van der Waals surface area contributed by atoms with Crippen molar-refractivity contribution in [3.63, 3.8) is 0 Å². The van der Waals surface area contributed by atoms with Crippen LogP contribution in [0.25, 0.3) is 0 Å². The van der Waals surface area contributed by atoms with Crippen molar-refractivity contribution in [2.75, 3.05) is 0 Å². The Morgan fingerprint density at radius 1 is 1.53 bits per heavy atom. The van der Waals surface area contributed by atoms with Gasteiger partial charge >= 0.3 is 11.8 Å². The number of nitrogens with two attached hydrogens (primary N) is 1. The predicted octanol–water partition coefficient (Wildman–Crippen LogP) is 1.58. The maximum atomic E-state index is 11.2. The van der Waals surface area contributed by atoms with Crippen LogP contribution >= 0.6 is 0 Å². The van der Waals surface area contributed by atoms with Crippen LogP contribution in [0.1, 0.15) is 0 Å². The van der Waals surface area contributed by atoms with E-state index in [1.807, 2.05) is 0 Å². The maximum Gasteiger partial charge on any atom is 0.515 e. The lowest BCUT2D eigenvalue weighted by Gasteiger charge is -2.08. The standard InChI is InChI=1S/C10H10N2O5/c1-2-9(11)17-10(13)16-8-6-4-3-5-7(8)12(14)15/h2-6,9H,1,11H2. The van der Waals surface area contributed by atoms with E-state index in [4.69, 9.17) is 5.73 Å². The zero-order chi connectivity index (χ0) is 12.8. The topological polar surface area (TPSA) is 105 Å². The molecule has 0 fully saturated rings. The number of nitro groups is 1. The Morgan fingerprint density at radius 3 is 2.76 bits per heavy atom. The molecule has 0 saturated carbocycles. The molecule has 17 heavy (non-hydrogen) atoms. The first-order valence-corrected chi connectivity index (χ1v) is 4.54. The molecule has 0 amide bonds. The van der Waals surface area contributed by atoms with Crippen molar-refractivity contribution in [3.8, 4) is 5.75 Å². The summed E-state index contributed by atoms with van der Waals surface area (Å²) in [7, 11) is 0. The lowest BCUT2D eigenvalue weighted by atomic mass is 10.3. The largest absolute Gasteiger partial charge is 0.515 e. The number of ether oxygens (including phenoxy) is 2. The van der Waals surface area contributed by atoms with Gasteiger partial charge in [0.05, 0.1) is 4.92 Å². The lowest BCUT2D eigenvalue weighted by Crippen LogP contribution is -2.26. The summed E-state index contributed by atoms with van der Waals surface area (Å²) >= 11 is 0. The van der Waals surface area contributed by atoms with E-state index in [1.165, 1.54) is 30.3 Å². The normalized spacial score (nSPS) is 11.4. The van der Waals surface area contributed by atoms with Crippen LogP contribution in [0.5, 0.6) is 5.75 Å². The quantitative estimate of drug-likeness (QED) is 0.213. The van der Waals surface area contributed by atoms with E-state index >= 15 is 0 Å². The number of para-hydroxylation sites is 2. The van der Waals surface area contributed by atoms with Gasteiger partial charge in [0.15, 0.2) is 6.23 Å². The highest BCUT2D eigenvalue weighted by atomic mass is 16.7. The summed E-state index contributed by atoms with van der Waals surface area (Å²) in [6, 6.07) is 5.42. The molecule has 90 valence electrons. The van der Waals surface area contributed by atoms with Crippen molar-refractivity contribution >= 4 is 11.8 Å². The van der Waals surface area contributed by atoms with E-state index in [0.29, 0.717) is 0 Å². The molecule has 0 heterocycles. The predicted molar refractivity (Wildman–Crippen MR) is 58.4 cm³/mol. The monoisotopic (exact) mass is 238 g/mol. The number of nitro benzene ring substituents is 1. The van der Waals surface area contributed by atoms with Crippen LogP contribution in [0.3, 0.4) is 0 Å². The number of rotatable bonds is 4. The van der Waals surface area contributed by atoms with Crippen molar-refractivity contribution in [3.05, 3.63) is 47.0 Å². The van der Waals surface area contributed by atoms with Crippen LogP contribution in [0, 0.1) is 10.1 Å². The average Bonchev–Trinajstić information content (AvgIpc) is 2.29. The van der Waals surface area contributed by atoms with Crippen molar-refractivity contribution < 1.29 is 19.2 Å². The van der Waals surface area contributed by atoms with Crippen LogP contribution in [-0.4, -0.2) is 17.3 Å². The second-order valence-corrected chi connectivity index (χ2v) is 2.90. The first kappa shape index (κ1) is 12.7. The zero-order valence-electron chi connectivity index (χ0n) is 8.74. The number of carbonyl (C=O) groups excluding carboxylic acids is 1. The number of hydrogen-bond donors (Lipinski definition) is 1. The van der Waals surface area contributed by atoms with Gasteiger partial charge in [0.1, 0.15) is 0 Å².